The maximum absolute atomic E-state index is 6.26. The summed E-state index contributed by atoms with van der Waals surface area (Å²) in [4.78, 5) is 0. The van der Waals surface area contributed by atoms with Crippen molar-refractivity contribution in [3.8, 4) is 0 Å². The third-order valence-electron chi connectivity index (χ3n) is 8.16. The van der Waals surface area contributed by atoms with E-state index >= 15 is 0 Å². The zero-order valence-electron chi connectivity index (χ0n) is 17.4. The number of benzene rings is 1. The van der Waals surface area contributed by atoms with Crippen LogP contribution in [0.3, 0.4) is 0 Å². The van der Waals surface area contributed by atoms with E-state index in [1.54, 1.807) is 0 Å². The molecular formula is C24H36B2. The van der Waals surface area contributed by atoms with Gasteiger partial charge >= 0.3 is 0 Å². The SMILES string of the molecule is [B]c1cccc(C2CCC(C(C)(C)C3CCC(C(C)C)CC3)CC2)c1[B]. The second-order valence-electron chi connectivity index (χ2n) is 10.1. The third kappa shape index (κ3) is 4.10. The van der Waals surface area contributed by atoms with Crippen LogP contribution in [0, 0.1) is 29.1 Å². The summed E-state index contributed by atoms with van der Waals surface area (Å²) in [6.07, 6.45) is 11.0. The molecular weight excluding hydrogens is 310 g/mol. The second-order valence-corrected chi connectivity index (χ2v) is 10.1. The normalized spacial score (nSPS) is 30.5. The van der Waals surface area contributed by atoms with E-state index in [9.17, 15) is 0 Å². The van der Waals surface area contributed by atoms with Crippen LogP contribution in [0.4, 0.5) is 0 Å². The molecule has 0 saturated heterocycles. The highest BCUT2D eigenvalue weighted by Gasteiger charge is 2.40. The molecule has 2 saturated carbocycles. The number of hydrogen-bond donors (Lipinski definition) is 0. The molecule has 138 valence electrons. The molecule has 0 atom stereocenters. The summed E-state index contributed by atoms with van der Waals surface area (Å²) >= 11 is 0. The predicted octanol–water partition coefficient (Wildman–Crippen LogP) is 5.04. The molecule has 0 spiro atoms. The predicted molar refractivity (Wildman–Crippen MR) is 116 cm³/mol. The molecule has 2 aliphatic carbocycles. The van der Waals surface area contributed by atoms with E-state index in [1.807, 2.05) is 6.07 Å². The minimum absolute atomic E-state index is 0.480. The Bertz CT molecular complexity index is 588. The smallest absolute Gasteiger partial charge is 0.103 e. The number of rotatable bonds is 4. The molecule has 0 aromatic heterocycles. The van der Waals surface area contributed by atoms with Crippen LogP contribution in [0.5, 0.6) is 0 Å². The summed E-state index contributed by atoms with van der Waals surface area (Å²) in [7, 11) is 12.3. The van der Waals surface area contributed by atoms with Crippen LogP contribution >= 0.6 is 0 Å². The molecule has 2 aliphatic rings. The Morgan fingerprint density at radius 1 is 0.846 bits per heavy atom. The zero-order valence-corrected chi connectivity index (χ0v) is 17.4. The lowest BCUT2D eigenvalue weighted by molar-refractivity contribution is 0.0394. The van der Waals surface area contributed by atoms with Crippen molar-refractivity contribution in [3.05, 3.63) is 23.8 Å². The highest BCUT2D eigenvalue weighted by molar-refractivity contribution is 6.49. The third-order valence-corrected chi connectivity index (χ3v) is 8.16. The van der Waals surface area contributed by atoms with Gasteiger partial charge in [-0.25, -0.2) is 0 Å². The Morgan fingerprint density at radius 3 is 1.92 bits per heavy atom. The molecule has 4 radical (unpaired) electrons. The Morgan fingerprint density at radius 2 is 1.38 bits per heavy atom. The first kappa shape index (κ1) is 20.1. The lowest BCUT2D eigenvalue weighted by atomic mass is 9.58. The lowest BCUT2D eigenvalue weighted by Gasteiger charge is -2.47. The lowest BCUT2D eigenvalue weighted by Crippen LogP contribution is -2.38. The monoisotopic (exact) mass is 346 g/mol. The summed E-state index contributed by atoms with van der Waals surface area (Å²) in [5, 5.41) is 0. The van der Waals surface area contributed by atoms with Crippen LogP contribution in [0.25, 0.3) is 0 Å². The maximum atomic E-state index is 6.26. The molecule has 0 aliphatic heterocycles. The fourth-order valence-corrected chi connectivity index (χ4v) is 5.97. The molecule has 3 rings (SSSR count). The van der Waals surface area contributed by atoms with Gasteiger partial charge in [0.05, 0.1) is 0 Å². The second kappa shape index (κ2) is 8.15. The summed E-state index contributed by atoms with van der Waals surface area (Å²) in [5.41, 5.74) is 3.33. The molecule has 1 aromatic rings. The van der Waals surface area contributed by atoms with Gasteiger partial charge in [0, 0.05) is 0 Å². The van der Waals surface area contributed by atoms with Crippen molar-refractivity contribution in [1.29, 1.82) is 0 Å². The first-order valence-electron chi connectivity index (χ1n) is 10.9. The van der Waals surface area contributed by atoms with Gasteiger partial charge in [-0.15, -0.1) is 10.9 Å². The first-order chi connectivity index (χ1) is 12.3. The van der Waals surface area contributed by atoms with Crippen LogP contribution in [0.15, 0.2) is 18.2 Å². The largest absolute Gasteiger partial charge is 0.113 e. The minimum atomic E-state index is 0.480. The Kier molecular flexibility index (Phi) is 6.30. The summed E-state index contributed by atoms with van der Waals surface area (Å²) in [6, 6.07) is 6.17. The summed E-state index contributed by atoms with van der Waals surface area (Å²) in [5.74, 6) is 4.20. The molecule has 2 fully saturated rings. The Labute approximate surface area is 164 Å². The topological polar surface area (TPSA) is 0 Å². The van der Waals surface area contributed by atoms with Crippen molar-refractivity contribution < 1.29 is 0 Å². The van der Waals surface area contributed by atoms with Crippen LogP contribution in [-0.2, 0) is 0 Å². The molecule has 1 aromatic carbocycles. The highest BCUT2D eigenvalue weighted by Crippen LogP contribution is 2.51. The fourth-order valence-electron chi connectivity index (χ4n) is 5.97. The van der Waals surface area contributed by atoms with Crippen LogP contribution in [0.2, 0.25) is 0 Å². The summed E-state index contributed by atoms with van der Waals surface area (Å²) in [6.45, 7) is 9.93. The van der Waals surface area contributed by atoms with E-state index in [0.29, 0.717) is 11.3 Å². The van der Waals surface area contributed by atoms with Crippen molar-refractivity contribution in [2.24, 2.45) is 29.1 Å². The Hall–Kier alpha value is -0.650. The van der Waals surface area contributed by atoms with E-state index in [2.05, 4.69) is 39.8 Å². The average Bonchev–Trinajstić information content (AvgIpc) is 2.64. The van der Waals surface area contributed by atoms with Gasteiger partial charge < -0.3 is 0 Å². The average molecular weight is 346 g/mol. The molecule has 2 heteroatoms. The van der Waals surface area contributed by atoms with Gasteiger partial charge in [-0.2, -0.15) is 0 Å². The molecule has 0 heterocycles. The van der Waals surface area contributed by atoms with Gasteiger partial charge in [-0.05, 0) is 86.4 Å². The van der Waals surface area contributed by atoms with Crippen molar-refractivity contribution in [2.45, 2.75) is 85.0 Å². The zero-order chi connectivity index (χ0) is 18.9. The Balaban J connectivity index is 1.59. The van der Waals surface area contributed by atoms with Gasteiger partial charge in [0.2, 0.25) is 0 Å². The van der Waals surface area contributed by atoms with Crippen LogP contribution in [0.1, 0.15) is 90.5 Å². The van der Waals surface area contributed by atoms with Crippen molar-refractivity contribution in [3.63, 3.8) is 0 Å². The molecule has 0 unspecified atom stereocenters. The highest BCUT2D eigenvalue weighted by atomic mass is 14.5. The number of hydrogen-bond acceptors (Lipinski definition) is 0. The molecule has 0 N–H and O–H groups in total. The van der Waals surface area contributed by atoms with E-state index in [4.69, 9.17) is 15.7 Å². The van der Waals surface area contributed by atoms with Crippen molar-refractivity contribution >= 4 is 26.6 Å². The van der Waals surface area contributed by atoms with Crippen LogP contribution < -0.4 is 10.9 Å². The van der Waals surface area contributed by atoms with Crippen molar-refractivity contribution in [1.82, 2.24) is 0 Å². The van der Waals surface area contributed by atoms with E-state index < -0.39 is 0 Å². The minimum Gasteiger partial charge on any atom is -0.103 e. The van der Waals surface area contributed by atoms with Gasteiger partial charge in [0.1, 0.15) is 15.7 Å². The standard InChI is InChI=1S/C24H36B2/c1-16(2)17-8-12-19(13-9-17)24(3,4)20-14-10-18(11-15-20)21-6-5-7-22(25)23(21)26/h5-7,16-20H,8-15H2,1-4H3. The van der Waals surface area contributed by atoms with E-state index in [-0.39, 0.29) is 0 Å². The van der Waals surface area contributed by atoms with Gasteiger partial charge in [0.15, 0.2) is 0 Å². The molecule has 0 amide bonds. The van der Waals surface area contributed by atoms with E-state index in [1.165, 1.54) is 56.9 Å². The van der Waals surface area contributed by atoms with E-state index in [0.717, 1.165) is 34.6 Å². The molecule has 26 heavy (non-hydrogen) atoms. The van der Waals surface area contributed by atoms with Gasteiger partial charge in [0.25, 0.3) is 0 Å². The fraction of sp³-hybridized carbons (Fsp3) is 0.750. The van der Waals surface area contributed by atoms with Gasteiger partial charge in [-0.1, -0.05) is 51.5 Å². The molecule has 0 bridgehead atoms. The quantitative estimate of drug-likeness (QED) is 0.671. The summed E-state index contributed by atoms with van der Waals surface area (Å²) < 4.78 is 0. The maximum Gasteiger partial charge on any atom is 0.113 e. The first-order valence-corrected chi connectivity index (χ1v) is 10.9. The van der Waals surface area contributed by atoms with Crippen molar-refractivity contribution in [2.75, 3.05) is 0 Å². The van der Waals surface area contributed by atoms with Crippen LogP contribution in [-0.4, -0.2) is 15.7 Å². The van der Waals surface area contributed by atoms with Gasteiger partial charge in [-0.3, -0.25) is 0 Å². The molecule has 0 nitrogen and oxygen atoms in total.